The molecule has 1 saturated heterocycles. The molecule has 1 aliphatic rings. The third-order valence-corrected chi connectivity index (χ3v) is 4.51. The van der Waals surface area contributed by atoms with Crippen LogP contribution < -0.4 is 15.5 Å². The smallest absolute Gasteiger partial charge is 0.257 e. The number of carbonyl (C=O) groups excluding carboxylic acids is 1. The van der Waals surface area contributed by atoms with Crippen molar-refractivity contribution in [1.82, 2.24) is 9.88 Å². The second kappa shape index (κ2) is 9.34. The number of pyridine rings is 1. The zero-order valence-electron chi connectivity index (χ0n) is 15.9. The van der Waals surface area contributed by atoms with E-state index in [4.69, 9.17) is 4.74 Å². The maximum Gasteiger partial charge on any atom is 0.257 e. The minimum atomic E-state index is -0.167. The third kappa shape index (κ3) is 5.67. The van der Waals surface area contributed by atoms with Crippen LogP contribution in [0.5, 0.6) is 0 Å². The van der Waals surface area contributed by atoms with Crippen LogP contribution in [0.4, 0.5) is 17.2 Å². The molecule has 7 heteroatoms. The molecule has 0 bridgehead atoms. The largest absolute Gasteiger partial charge is 0.379 e. The molecule has 0 saturated carbocycles. The van der Waals surface area contributed by atoms with E-state index in [1.807, 2.05) is 49.3 Å². The van der Waals surface area contributed by atoms with Gasteiger partial charge in [-0.05, 0) is 36.4 Å². The Bertz CT molecular complexity index is 725. The van der Waals surface area contributed by atoms with E-state index in [-0.39, 0.29) is 5.91 Å². The predicted molar refractivity (Wildman–Crippen MR) is 109 cm³/mol. The quantitative estimate of drug-likeness (QED) is 0.779. The van der Waals surface area contributed by atoms with Gasteiger partial charge in [0.25, 0.3) is 5.91 Å². The topological polar surface area (TPSA) is 69.7 Å². The molecule has 2 heterocycles. The van der Waals surface area contributed by atoms with Crippen molar-refractivity contribution < 1.29 is 9.53 Å². The minimum absolute atomic E-state index is 0.167. The number of benzene rings is 1. The fourth-order valence-corrected chi connectivity index (χ4v) is 2.85. The van der Waals surface area contributed by atoms with Gasteiger partial charge in [-0.3, -0.25) is 9.69 Å². The van der Waals surface area contributed by atoms with Crippen LogP contribution in [0.2, 0.25) is 0 Å². The zero-order valence-corrected chi connectivity index (χ0v) is 15.9. The van der Waals surface area contributed by atoms with Crippen LogP contribution in [0.15, 0.2) is 42.6 Å². The molecule has 1 aromatic heterocycles. The first-order valence-corrected chi connectivity index (χ1v) is 9.20. The number of amides is 1. The van der Waals surface area contributed by atoms with E-state index in [0.717, 1.165) is 56.6 Å². The number of carbonyl (C=O) groups is 1. The maximum atomic E-state index is 12.4. The average molecular weight is 369 g/mol. The number of nitrogens with zero attached hydrogens (tertiary/aromatic N) is 3. The van der Waals surface area contributed by atoms with Gasteiger partial charge in [0.05, 0.1) is 18.8 Å². The van der Waals surface area contributed by atoms with Gasteiger partial charge >= 0.3 is 0 Å². The molecule has 0 radical (unpaired) electrons. The number of morpholine rings is 1. The van der Waals surface area contributed by atoms with E-state index < -0.39 is 0 Å². The Hall–Kier alpha value is -2.64. The fourth-order valence-electron chi connectivity index (χ4n) is 2.85. The first kappa shape index (κ1) is 19.1. The second-order valence-electron chi connectivity index (χ2n) is 6.71. The zero-order chi connectivity index (χ0) is 19.1. The van der Waals surface area contributed by atoms with Crippen molar-refractivity contribution in [2.24, 2.45) is 0 Å². The summed E-state index contributed by atoms with van der Waals surface area (Å²) in [7, 11) is 3.96. The average Bonchev–Trinajstić information content (AvgIpc) is 2.70. The highest BCUT2D eigenvalue weighted by molar-refractivity contribution is 6.04. The fraction of sp³-hybridized carbons (Fsp3) is 0.400. The lowest BCUT2D eigenvalue weighted by Gasteiger charge is -2.26. The summed E-state index contributed by atoms with van der Waals surface area (Å²) in [4.78, 5) is 21.1. The Morgan fingerprint density at radius 3 is 2.52 bits per heavy atom. The van der Waals surface area contributed by atoms with Crippen molar-refractivity contribution >= 4 is 23.1 Å². The normalized spacial score (nSPS) is 14.6. The third-order valence-electron chi connectivity index (χ3n) is 4.51. The Morgan fingerprint density at radius 2 is 1.89 bits per heavy atom. The summed E-state index contributed by atoms with van der Waals surface area (Å²) in [5.41, 5.74) is 2.38. The Balaban J connectivity index is 1.47. The maximum absolute atomic E-state index is 12.4. The molecule has 1 amide bonds. The van der Waals surface area contributed by atoms with E-state index in [2.05, 4.69) is 20.5 Å². The molecular formula is C20H27N5O2. The Morgan fingerprint density at radius 1 is 1.15 bits per heavy atom. The predicted octanol–water partition coefficient (Wildman–Crippen LogP) is 2.14. The van der Waals surface area contributed by atoms with Crippen molar-refractivity contribution in [2.75, 3.05) is 69.0 Å². The van der Waals surface area contributed by atoms with Gasteiger partial charge in [-0.15, -0.1) is 0 Å². The summed E-state index contributed by atoms with van der Waals surface area (Å²) in [5.74, 6) is 0.607. The number of hydrogen-bond donors (Lipinski definition) is 2. The van der Waals surface area contributed by atoms with E-state index >= 15 is 0 Å². The van der Waals surface area contributed by atoms with Crippen LogP contribution >= 0.6 is 0 Å². The van der Waals surface area contributed by atoms with Crippen LogP contribution in [0.1, 0.15) is 10.4 Å². The summed E-state index contributed by atoms with van der Waals surface area (Å²) in [5, 5.41) is 6.19. The molecule has 144 valence electrons. The highest BCUT2D eigenvalue weighted by Crippen LogP contribution is 2.16. The van der Waals surface area contributed by atoms with Crippen molar-refractivity contribution in [2.45, 2.75) is 0 Å². The lowest BCUT2D eigenvalue weighted by Crippen LogP contribution is -2.39. The van der Waals surface area contributed by atoms with Crippen molar-refractivity contribution in [3.8, 4) is 0 Å². The monoisotopic (exact) mass is 369 g/mol. The van der Waals surface area contributed by atoms with Gasteiger partial charge in [0.1, 0.15) is 5.82 Å². The molecule has 0 atom stereocenters. The first-order chi connectivity index (χ1) is 13.1. The summed E-state index contributed by atoms with van der Waals surface area (Å²) in [6.45, 7) is 5.33. The van der Waals surface area contributed by atoms with E-state index in [1.54, 1.807) is 12.3 Å². The van der Waals surface area contributed by atoms with E-state index in [9.17, 15) is 4.79 Å². The summed E-state index contributed by atoms with van der Waals surface area (Å²) >= 11 is 0. The molecule has 1 fully saturated rings. The van der Waals surface area contributed by atoms with Crippen LogP contribution in [0, 0.1) is 0 Å². The molecule has 2 N–H and O–H groups in total. The lowest BCUT2D eigenvalue weighted by molar-refractivity contribution is 0.0398. The Kier molecular flexibility index (Phi) is 6.62. The molecule has 7 nitrogen and oxygen atoms in total. The van der Waals surface area contributed by atoms with Crippen LogP contribution in [0.25, 0.3) is 0 Å². The molecule has 0 aliphatic carbocycles. The van der Waals surface area contributed by atoms with Gasteiger partial charge in [0.2, 0.25) is 0 Å². The molecule has 0 spiro atoms. The number of ether oxygens (including phenoxy) is 1. The molecule has 2 aromatic rings. The van der Waals surface area contributed by atoms with Crippen LogP contribution in [-0.2, 0) is 4.74 Å². The first-order valence-electron chi connectivity index (χ1n) is 9.20. The van der Waals surface area contributed by atoms with Gasteiger partial charge in [0.15, 0.2) is 0 Å². The highest BCUT2D eigenvalue weighted by atomic mass is 16.5. The summed E-state index contributed by atoms with van der Waals surface area (Å²) in [6.07, 6.45) is 1.60. The van der Waals surface area contributed by atoms with Gasteiger partial charge in [-0.25, -0.2) is 4.98 Å². The number of hydrogen-bond acceptors (Lipinski definition) is 6. The number of aromatic nitrogens is 1. The Labute approximate surface area is 160 Å². The summed E-state index contributed by atoms with van der Waals surface area (Å²) in [6, 6.07) is 11.3. The van der Waals surface area contributed by atoms with E-state index in [1.165, 1.54) is 0 Å². The number of anilines is 3. The van der Waals surface area contributed by atoms with Crippen molar-refractivity contribution in [1.29, 1.82) is 0 Å². The highest BCUT2D eigenvalue weighted by Gasteiger charge is 2.10. The number of rotatable bonds is 7. The van der Waals surface area contributed by atoms with Gasteiger partial charge in [-0.1, -0.05) is 0 Å². The minimum Gasteiger partial charge on any atom is -0.379 e. The van der Waals surface area contributed by atoms with Gasteiger partial charge in [-0.2, -0.15) is 0 Å². The van der Waals surface area contributed by atoms with Gasteiger partial charge in [0, 0.05) is 57.8 Å². The van der Waals surface area contributed by atoms with Crippen molar-refractivity contribution in [3.63, 3.8) is 0 Å². The van der Waals surface area contributed by atoms with Crippen LogP contribution in [-0.4, -0.2) is 69.3 Å². The lowest BCUT2D eigenvalue weighted by atomic mass is 10.2. The van der Waals surface area contributed by atoms with Crippen LogP contribution in [0.3, 0.4) is 0 Å². The standard InChI is InChI=1S/C20H27N5O2/c1-24(2)18-6-4-17(5-7-18)23-20(26)16-3-8-19(22-15-16)21-9-10-25-11-13-27-14-12-25/h3-8,15H,9-14H2,1-2H3,(H,21,22)(H,23,26). The molecule has 1 aromatic carbocycles. The molecular weight excluding hydrogens is 342 g/mol. The summed E-state index contributed by atoms with van der Waals surface area (Å²) < 4.78 is 5.34. The van der Waals surface area contributed by atoms with E-state index in [0.29, 0.717) is 5.56 Å². The molecule has 1 aliphatic heterocycles. The molecule has 27 heavy (non-hydrogen) atoms. The number of nitrogens with one attached hydrogen (secondary N) is 2. The second-order valence-corrected chi connectivity index (χ2v) is 6.71. The van der Waals surface area contributed by atoms with Crippen molar-refractivity contribution in [3.05, 3.63) is 48.2 Å². The SMILES string of the molecule is CN(C)c1ccc(NC(=O)c2ccc(NCCN3CCOCC3)nc2)cc1. The molecule has 0 unspecified atom stereocenters. The molecule has 3 rings (SSSR count). The van der Waals surface area contributed by atoms with Gasteiger partial charge < -0.3 is 20.3 Å².